The molecule has 0 radical (unpaired) electrons. The van der Waals surface area contributed by atoms with Crippen LogP contribution in [0.1, 0.15) is 35.9 Å². The summed E-state index contributed by atoms with van der Waals surface area (Å²) in [7, 11) is 3.26. The molecular weight excluding hydrogens is 408 g/mol. The Morgan fingerprint density at radius 3 is 2.48 bits per heavy atom. The van der Waals surface area contributed by atoms with Crippen molar-refractivity contribution in [2.45, 2.75) is 24.8 Å². The van der Waals surface area contributed by atoms with Crippen molar-refractivity contribution in [3.63, 3.8) is 0 Å². The number of hydrogen-bond donors (Lipinski definition) is 2. The second kappa shape index (κ2) is 8.12. The lowest BCUT2D eigenvalue weighted by Gasteiger charge is -2.29. The van der Waals surface area contributed by atoms with E-state index in [9.17, 15) is 4.79 Å². The van der Waals surface area contributed by atoms with Gasteiger partial charge in [-0.05, 0) is 64.6 Å². The lowest BCUT2D eigenvalue weighted by molar-refractivity contribution is -0.116. The Morgan fingerprint density at radius 2 is 1.74 bits per heavy atom. The predicted molar refractivity (Wildman–Crippen MR) is 124 cm³/mol. The molecular formula is C25H24N2O3S. The highest BCUT2D eigenvalue weighted by atomic mass is 32.1. The molecule has 0 saturated heterocycles. The standard InChI is InChI=1S/C25H24N2O3S/c1-29-22-8-7-15(13-23(22)30-2)17-11-20-24(21(28)12-17)25(16-9-10-31-14-16)27-19-6-4-3-5-18(19)26-20/h3-10,13-14,17,25-27H,11-12H2,1-2H3. The molecule has 0 spiro atoms. The molecule has 2 heterocycles. The molecule has 5 rings (SSSR count). The van der Waals surface area contributed by atoms with Crippen molar-refractivity contribution in [1.29, 1.82) is 0 Å². The Hall–Kier alpha value is -3.25. The number of hydrogen-bond acceptors (Lipinski definition) is 6. The van der Waals surface area contributed by atoms with Crippen molar-refractivity contribution in [3.8, 4) is 11.5 Å². The molecule has 0 fully saturated rings. The fourth-order valence-corrected chi connectivity index (χ4v) is 5.21. The molecule has 2 atom stereocenters. The number of benzene rings is 2. The molecule has 0 bridgehead atoms. The average molecular weight is 433 g/mol. The first kappa shape index (κ1) is 19.7. The molecule has 5 nitrogen and oxygen atoms in total. The predicted octanol–water partition coefficient (Wildman–Crippen LogP) is 5.74. The number of allylic oxidation sites excluding steroid dienone is 1. The number of para-hydroxylation sites is 2. The van der Waals surface area contributed by atoms with Crippen molar-refractivity contribution in [2.75, 3.05) is 24.9 Å². The van der Waals surface area contributed by atoms with Crippen LogP contribution in [0.25, 0.3) is 0 Å². The number of rotatable bonds is 4. The highest BCUT2D eigenvalue weighted by molar-refractivity contribution is 7.08. The summed E-state index contributed by atoms with van der Waals surface area (Å²) < 4.78 is 10.9. The van der Waals surface area contributed by atoms with E-state index in [2.05, 4.69) is 33.5 Å². The number of ketones is 1. The van der Waals surface area contributed by atoms with E-state index in [1.807, 2.05) is 36.4 Å². The number of anilines is 2. The van der Waals surface area contributed by atoms with E-state index in [1.165, 1.54) is 0 Å². The molecule has 2 N–H and O–H groups in total. The minimum absolute atomic E-state index is 0.0759. The Bertz CT molecular complexity index is 1150. The van der Waals surface area contributed by atoms with Crippen molar-refractivity contribution in [3.05, 3.63) is 81.7 Å². The van der Waals surface area contributed by atoms with Gasteiger partial charge < -0.3 is 20.1 Å². The Balaban J connectivity index is 1.56. The van der Waals surface area contributed by atoms with Crippen LogP contribution in [0.3, 0.4) is 0 Å². The maximum absolute atomic E-state index is 13.5. The quantitative estimate of drug-likeness (QED) is 0.550. The van der Waals surface area contributed by atoms with E-state index in [-0.39, 0.29) is 17.7 Å². The molecule has 158 valence electrons. The fourth-order valence-electron chi connectivity index (χ4n) is 4.52. The number of fused-ring (bicyclic) bond motifs is 1. The van der Waals surface area contributed by atoms with Crippen LogP contribution in [0.2, 0.25) is 0 Å². The van der Waals surface area contributed by atoms with Gasteiger partial charge >= 0.3 is 0 Å². The smallest absolute Gasteiger partial charge is 0.163 e. The van der Waals surface area contributed by atoms with Gasteiger partial charge in [0.1, 0.15) is 0 Å². The number of methoxy groups -OCH3 is 2. The SMILES string of the molecule is COc1ccc(C2CC(=O)C3=C(C2)Nc2ccccc2NC3c2ccsc2)cc1OC. The number of nitrogens with one attached hydrogen (secondary N) is 2. The first-order valence-corrected chi connectivity index (χ1v) is 11.2. The first-order valence-electron chi connectivity index (χ1n) is 10.3. The number of carbonyl (C=O) groups excluding carboxylic acids is 1. The van der Waals surface area contributed by atoms with Crippen molar-refractivity contribution < 1.29 is 14.3 Å². The van der Waals surface area contributed by atoms with E-state index in [0.29, 0.717) is 17.9 Å². The summed E-state index contributed by atoms with van der Waals surface area (Å²) >= 11 is 1.65. The average Bonchev–Trinajstić information content (AvgIpc) is 3.27. The maximum Gasteiger partial charge on any atom is 0.163 e. The lowest BCUT2D eigenvalue weighted by Crippen LogP contribution is -2.26. The summed E-state index contributed by atoms with van der Waals surface area (Å²) in [6.07, 6.45) is 1.22. The Labute approximate surface area is 185 Å². The molecule has 2 aromatic carbocycles. The van der Waals surface area contributed by atoms with Gasteiger partial charge in [0.15, 0.2) is 17.3 Å². The van der Waals surface area contributed by atoms with Crippen LogP contribution in [0.4, 0.5) is 11.4 Å². The molecule has 31 heavy (non-hydrogen) atoms. The third-order valence-corrected chi connectivity index (χ3v) is 6.77. The number of Topliss-reactive ketones (excluding diaryl/α,β-unsaturated/α-hetero) is 1. The molecule has 2 unspecified atom stereocenters. The zero-order chi connectivity index (χ0) is 21.4. The summed E-state index contributed by atoms with van der Waals surface area (Å²) in [5, 5.41) is 11.4. The van der Waals surface area contributed by atoms with Gasteiger partial charge in [-0.1, -0.05) is 18.2 Å². The normalized spacial score (nSPS) is 20.1. The summed E-state index contributed by atoms with van der Waals surface area (Å²) in [4.78, 5) is 13.5. The first-order chi connectivity index (χ1) is 15.2. The van der Waals surface area contributed by atoms with Gasteiger partial charge in [0.25, 0.3) is 0 Å². The van der Waals surface area contributed by atoms with Crippen LogP contribution in [0.5, 0.6) is 11.5 Å². The monoisotopic (exact) mass is 432 g/mol. The minimum atomic E-state index is -0.156. The third kappa shape index (κ3) is 3.57. The summed E-state index contributed by atoms with van der Waals surface area (Å²) in [6.45, 7) is 0. The second-order valence-electron chi connectivity index (χ2n) is 7.84. The molecule has 3 aromatic rings. The highest BCUT2D eigenvalue weighted by Crippen LogP contribution is 2.45. The van der Waals surface area contributed by atoms with Gasteiger partial charge in [0.05, 0.1) is 31.6 Å². The summed E-state index contributed by atoms with van der Waals surface area (Å²) in [5.74, 6) is 1.62. The summed E-state index contributed by atoms with van der Waals surface area (Å²) in [6, 6.07) is 16.0. The van der Waals surface area contributed by atoms with Gasteiger partial charge in [-0.25, -0.2) is 0 Å². The number of carbonyl (C=O) groups is 1. The van der Waals surface area contributed by atoms with Gasteiger partial charge in [-0.2, -0.15) is 11.3 Å². The van der Waals surface area contributed by atoms with Crippen LogP contribution in [-0.4, -0.2) is 20.0 Å². The zero-order valence-corrected chi connectivity index (χ0v) is 18.3. The molecule has 2 aliphatic rings. The third-order valence-electron chi connectivity index (χ3n) is 6.06. The largest absolute Gasteiger partial charge is 0.493 e. The van der Waals surface area contributed by atoms with E-state index >= 15 is 0 Å². The Kier molecular flexibility index (Phi) is 5.16. The molecule has 1 aliphatic carbocycles. The highest BCUT2D eigenvalue weighted by Gasteiger charge is 2.36. The topological polar surface area (TPSA) is 59.6 Å². The fraction of sp³-hybridized carbons (Fsp3) is 0.240. The van der Waals surface area contributed by atoms with E-state index < -0.39 is 0 Å². The Morgan fingerprint density at radius 1 is 0.935 bits per heavy atom. The van der Waals surface area contributed by atoms with Crippen LogP contribution >= 0.6 is 11.3 Å². The zero-order valence-electron chi connectivity index (χ0n) is 17.5. The molecule has 0 saturated carbocycles. The van der Waals surface area contributed by atoms with E-state index in [1.54, 1.807) is 25.6 Å². The van der Waals surface area contributed by atoms with Crippen molar-refractivity contribution >= 4 is 28.5 Å². The molecule has 1 aliphatic heterocycles. The molecule has 1 aromatic heterocycles. The van der Waals surface area contributed by atoms with Crippen LogP contribution in [0, 0.1) is 0 Å². The summed E-state index contributed by atoms with van der Waals surface area (Å²) in [5.41, 5.74) is 6.03. The van der Waals surface area contributed by atoms with Gasteiger partial charge in [0.2, 0.25) is 0 Å². The van der Waals surface area contributed by atoms with Crippen LogP contribution < -0.4 is 20.1 Å². The lowest BCUT2D eigenvalue weighted by atomic mass is 9.79. The van der Waals surface area contributed by atoms with Crippen LogP contribution in [-0.2, 0) is 4.79 Å². The minimum Gasteiger partial charge on any atom is -0.493 e. The molecule has 0 amide bonds. The van der Waals surface area contributed by atoms with E-state index in [0.717, 1.165) is 40.2 Å². The van der Waals surface area contributed by atoms with Crippen LogP contribution in [0.15, 0.2) is 70.6 Å². The number of ether oxygens (including phenoxy) is 2. The van der Waals surface area contributed by atoms with Gasteiger partial charge in [-0.3, -0.25) is 4.79 Å². The van der Waals surface area contributed by atoms with Gasteiger partial charge in [0, 0.05) is 17.7 Å². The second-order valence-corrected chi connectivity index (χ2v) is 8.62. The van der Waals surface area contributed by atoms with Crippen molar-refractivity contribution in [1.82, 2.24) is 0 Å². The molecule has 6 heteroatoms. The van der Waals surface area contributed by atoms with Gasteiger partial charge in [-0.15, -0.1) is 0 Å². The number of thiophene rings is 1. The van der Waals surface area contributed by atoms with E-state index in [4.69, 9.17) is 9.47 Å². The maximum atomic E-state index is 13.5. The van der Waals surface area contributed by atoms with Crippen molar-refractivity contribution in [2.24, 2.45) is 0 Å².